The molecule has 0 aliphatic heterocycles. The Balaban J connectivity index is 3.15. The van der Waals surface area contributed by atoms with Gasteiger partial charge in [-0.05, 0) is 0 Å². The van der Waals surface area contributed by atoms with E-state index >= 15 is 0 Å². The number of aliphatic hydroxyl groups is 1. The number of carbonyl (C=O) groups excluding carboxylic acids is 1. The minimum Gasteiger partial charge on any atom is -0.384 e. The molecule has 3 heteroatoms. The Morgan fingerprint density at radius 1 is 1.86 bits per heavy atom. The fourth-order valence-electron chi connectivity index (χ4n) is 0.138. The Morgan fingerprint density at radius 2 is 2.43 bits per heavy atom. The van der Waals surface area contributed by atoms with E-state index in [0.717, 1.165) is 0 Å². The second kappa shape index (κ2) is 3.49. The number of hydrogen-bond donors (Lipinski definition) is 2. The van der Waals surface area contributed by atoms with Gasteiger partial charge in [-0.15, -0.1) is 0 Å². The summed E-state index contributed by atoms with van der Waals surface area (Å²) in [6.45, 7) is 0. The number of rotatable bonds is 3. The minimum absolute atomic E-state index is 0.0521. The normalized spacial score (nSPS) is 12.7. The summed E-state index contributed by atoms with van der Waals surface area (Å²) in [5.74, 6) is 0. The summed E-state index contributed by atoms with van der Waals surface area (Å²) >= 11 is 0. The fourth-order valence-corrected chi connectivity index (χ4v) is 0.138. The Morgan fingerprint density at radius 3 is 2.57 bits per heavy atom. The summed E-state index contributed by atoms with van der Waals surface area (Å²) in [5, 5.41) is 14.5. The van der Waals surface area contributed by atoms with E-state index < -0.39 is 6.10 Å². The summed E-state index contributed by atoms with van der Waals surface area (Å²) in [7, 11) is 0. The van der Waals surface area contributed by atoms with Crippen LogP contribution in [0.1, 0.15) is 6.42 Å². The van der Waals surface area contributed by atoms with Crippen molar-refractivity contribution in [3.8, 4) is 0 Å². The third-order valence-electron chi connectivity index (χ3n) is 0.431. The van der Waals surface area contributed by atoms with Crippen molar-refractivity contribution in [2.24, 2.45) is 0 Å². The van der Waals surface area contributed by atoms with Gasteiger partial charge in [-0.3, -0.25) is 4.79 Å². The zero-order chi connectivity index (χ0) is 5.70. The molecule has 0 amide bonds. The number of hydrogen-bond acceptors (Lipinski definition) is 3. The molecule has 0 aromatic rings. The third-order valence-corrected chi connectivity index (χ3v) is 0.431. The molecule has 0 saturated carbocycles. The quantitative estimate of drug-likeness (QED) is 0.463. The minimum atomic E-state index is -1.16. The smallest absolute Gasteiger partial charge is 0.229 e. The van der Waals surface area contributed by atoms with Gasteiger partial charge < -0.3 is 10.5 Å². The first-order chi connectivity index (χ1) is 3.31. The van der Waals surface area contributed by atoms with E-state index in [1.807, 2.05) is 6.21 Å². The topological polar surface area (TPSA) is 61.1 Å². The molecular formula is C4H5NO2. The molecule has 0 aromatic heterocycles. The molecule has 2 N–H and O–H groups in total. The van der Waals surface area contributed by atoms with Crippen molar-refractivity contribution < 1.29 is 9.90 Å². The second-order valence-corrected chi connectivity index (χ2v) is 1.01. The largest absolute Gasteiger partial charge is 0.384 e. The van der Waals surface area contributed by atoms with Crippen molar-refractivity contribution in [1.82, 2.24) is 0 Å². The predicted molar refractivity (Wildman–Crippen MR) is 24.0 cm³/mol. The Kier molecular flexibility index (Phi) is 3.14. The first-order valence-corrected chi connectivity index (χ1v) is 1.76. The molecule has 0 aliphatic carbocycles. The zero-order valence-electron chi connectivity index (χ0n) is 3.64. The molecule has 1 unspecified atom stereocenters. The Labute approximate surface area is 41.5 Å². The van der Waals surface area contributed by atoms with Gasteiger partial charge in [0.15, 0.2) is 0 Å². The van der Waals surface area contributed by atoms with Gasteiger partial charge in [-0.1, -0.05) is 0 Å². The Hall–Kier alpha value is -0.700. The zero-order valence-corrected chi connectivity index (χ0v) is 3.64. The first kappa shape index (κ1) is 6.30. The second-order valence-electron chi connectivity index (χ2n) is 1.01. The van der Waals surface area contributed by atoms with Crippen LogP contribution in [0.5, 0.6) is 0 Å². The molecule has 0 aromatic carbocycles. The van der Waals surface area contributed by atoms with Crippen LogP contribution in [0.4, 0.5) is 0 Å². The van der Waals surface area contributed by atoms with Crippen LogP contribution in [-0.2, 0) is 4.79 Å². The highest BCUT2D eigenvalue weighted by Gasteiger charge is 1.96. The van der Waals surface area contributed by atoms with Crippen LogP contribution in [0.15, 0.2) is 0 Å². The lowest BCUT2D eigenvalue weighted by molar-refractivity contribution is 0.243. The summed E-state index contributed by atoms with van der Waals surface area (Å²) in [4.78, 5) is 9.40. The average Bonchev–Trinajstić information content (AvgIpc) is 1.68. The van der Waals surface area contributed by atoms with E-state index in [-0.39, 0.29) is 6.42 Å². The number of nitrogens with one attached hydrogen (secondary N) is 1. The lowest BCUT2D eigenvalue weighted by atomic mass is 10.3. The van der Waals surface area contributed by atoms with Crippen molar-refractivity contribution in [3.05, 3.63) is 0 Å². The van der Waals surface area contributed by atoms with Crippen molar-refractivity contribution in [2.75, 3.05) is 0 Å². The summed E-state index contributed by atoms with van der Waals surface area (Å²) in [5.41, 5.74) is 0. The van der Waals surface area contributed by atoms with Gasteiger partial charge in [0, 0.05) is 6.42 Å². The van der Waals surface area contributed by atoms with Gasteiger partial charge in [0.05, 0.1) is 6.21 Å². The molecule has 0 saturated heterocycles. The van der Waals surface area contributed by atoms with Gasteiger partial charge in [-0.2, -0.15) is 0 Å². The molecule has 0 bridgehead atoms. The van der Waals surface area contributed by atoms with Crippen LogP contribution < -0.4 is 0 Å². The van der Waals surface area contributed by atoms with Gasteiger partial charge in [0.25, 0.3) is 0 Å². The summed E-state index contributed by atoms with van der Waals surface area (Å²) in [6, 6.07) is 0. The SMILES string of the molecule is N=[C]CC(O)[C]=O. The highest BCUT2D eigenvalue weighted by atomic mass is 16.3. The van der Waals surface area contributed by atoms with E-state index in [9.17, 15) is 4.79 Å². The molecule has 0 aliphatic rings. The van der Waals surface area contributed by atoms with Crippen LogP contribution in [0, 0.1) is 5.41 Å². The maximum atomic E-state index is 9.40. The standard InChI is InChI=1S/C4H5NO2/c5-2-1-4(7)3-6/h4-5,7H,1H2. The van der Waals surface area contributed by atoms with Gasteiger partial charge in [0.2, 0.25) is 6.29 Å². The first-order valence-electron chi connectivity index (χ1n) is 1.76. The molecule has 38 valence electrons. The maximum Gasteiger partial charge on any atom is 0.229 e. The van der Waals surface area contributed by atoms with E-state index in [4.69, 9.17) is 10.5 Å². The lowest BCUT2D eigenvalue weighted by Gasteiger charge is -1.88. The van der Waals surface area contributed by atoms with E-state index in [1.54, 1.807) is 0 Å². The van der Waals surface area contributed by atoms with Crippen molar-refractivity contribution in [2.45, 2.75) is 12.5 Å². The van der Waals surface area contributed by atoms with Crippen molar-refractivity contribution >= 4 is 12.5 Å². The molecule has 0 heterocycles. The molecular weight excluding hydrogens is 94.0 g/mol. The predicted octanol–water partition coefficient (Wildman–Crippen LogP) is -0.626. The monoisotopic (exact) mass is 99.0 g/mol. The van der Waals surface area contributed by atoms with Gasteiger partial charge >= 0.3 is 0 Å². The van der Waals surface area contributed by atoms with Crippen LogP contribution in [0.3, 0.4) is 0 Å². The van der Waals surface area contributed by atoms with E-state index in [1.165, 1.54) is 6.29 Å². The summed E-state index contributed by atoms with van der Waals surface area (Å²) < 4.78 is 0. The maximum absolute atomic E-state index is 9.40. The van der Waals surface area contributed by atoms with Crippen LogP contribution in [-0.4, -0.2) is 23.7 Å². The summed E-state index contributed by atoms with van der Waals surface area (Å²) in [6.07, 6.45) is 1.94. The highest BCUT2D eigenvalue weighted by Crippen LogP contribution is 1.78. The molecule has 3 nitrogen and oxygen atoms in total. The van der Waals surface area contributed by atoms with Crippen LogP contribution in [0.2, 0.25) is 0 Å². The van der Waals surface area contributed by atoms with E-state index in [2.05, 4.69) is 0 Å². The average molecular weight is 99.1 g/mol. The fraction of sp³-hybridized carbons (Fsp3) is 0.500. The highest BCUT2D eigenvalue weighted by molar-refractivity contribution is 5.65. The third kappa shape index (κ3) is 3.12. The van der Waals surface area contributed by atoms with Gasteiger partial charge in [0.1, 0.15) is 6.10 Å². The van der Waals surface area contributed by atoms with Crippen molar-refractivity contribution in [3.63, 3.8) is 0 Å². The molecule has 7 heavy (non-hydrogen) atoms. The lowest BCUT2D eigenvalue weighted by Crippen LogP contribution is -2.06. The molecule has 0 fully saturated rings. The van der Waals surface area contributed by atoms with E-state index in [0.29, 0.717) is 0 Å². The molecule has 2 radical (unpaired) electrons. The van der Waals surface area contributed by atoms with Gasteiger partial charge in [-0.25, -0.2) is 0 Å². The number of aliphatic hydroxyl groups excluding tert-OH is 1. The molecule has 0 rings (SSSR count). The Bertz CT molecular complexity index is 72.1. The van der Waals surface area contributed by atoms with Crippen molar-refractivity contribution in [1.29, 1.82) is 5.41 Å². The molecule has 1 atom stereocenters. The van der Waals surface area contributed by atoms with Crippen LogP contribution >= 0.6 is 0 Å². The van der Waals surface area contributed by atoms with Crippen LogP contribution in [0.25, 0.3) is 0 Å². The molecule has 0 spiro atoms.